The second-order valence-electron chi connectivity index (χ2n) is 15.3. The number of benzene rings is 3. The number of hydrogen-bond donors (Lipinski definition) is 1. The molecule has 0 spiro atoms. The van der Waals surface area contributed by atoms with E-state index in [4.69, 9.17) is 23.1 Å². The molecule has 3 rings (SSSR count). The summed E-state index contributed by atoms with van der Waals surface area (Å²) in [5, 5.41) is 3.04. The third kappa shape index (κ3) is 11.4. The molecule has 1 N–H and O–H groups in total. The maximum absolute atomic E-state index is 13.0. The van der Waals surface area contributed by atoms with Gasteiger partial charge in [0.05, 0.1) is 20.8 Å². The Balaban J connectivity index is 1.69. The van der Waals surface area contributed by atoms with Crippen LogP contribution < -0.4 is 23.6 Å². The van der Waals surface area contributed by atoms with Gasteiger partial charge in [0.15, 0.2) is 11.5 Å². The molecule has 0 bridgehead atoms. The Morgan fingerprint density at radius 3 is 1.58 bits per heavy atom. The predicted octanol–water partition coefficient (Wildman–Crippen LogP) is 9.60. The molecule has 0 aliphatic rings. The Morgan fingerprint density at radius 1 is 0.680 bits per heavy atom. The van der Waals surface area contributed by atoms with Gasteiger partial charge in [-0.05, 0) is 102 Å². The van der Waals surface area contributed by atoms with Crippen LogP contribution >= 0.6 is 0 Å². The molecular formula is C40H55NO7Si2. The number of methoxy groups -OCH3 is 2. The molecule has 0 saturated heterocycles. The summed E-state index contributed by atoms with van der Waals surface area (Å²) in [6.45, 7) is 22.1. The van der Waals surface area contributed by atoms with Gasteiger partial charge in [-0.25, -0.2) is 4.79 Å². The molecule has 3 aromatic rings. The number of amides is 1. The summed E-state index contributed by atoms with van der Waals surface area (Å²) in [6.07, 6.45) is 5.45. The molecule has 270 valence electrons. The fraction of sp³-hybridized carbons (Fsp3) is 0.400. The number of carbonyl (C=O) groups is 2. The molecule has 0 radical (unpaired) electrons. The Bertz CT molecular complexity index is 1650. The van der Waals surface area contributed by atoms with E-state index in [-0.39, 0.29) is 22.5 Å². The molecular weight excluding hydrogens is 663 g/mol. The lowest BCUT2D eigenvalue weighted by Crippen LogP contribution is -2.43. The van der Waals surface area contributed by atoms with Gasteiger partial charge in [-0.15, -0.1) is 0 Å². The zero-order valence-corrected chi connectivity index (χ0v) is 33.8. The van der Waals surface area contributed by atoms with Gasteiger partial charge in [-0.3, -0.25) is 4.79 Å². The van der Waals surface area contributed by atoms with Crippen LogP contribution in [0.2, 0.25) is 36.3 Å². The molecule has 0 aliphatic heterocycles. The molecule has 0 fully saturated rings. The lowest BCUT2D eigenvalue weighted by Gasteiger charge is -2.36. The summed E-state index contributed by atoms with van der Waals surface area (Å²) in [5.41, 5.74) is 2.32. The van der Waals surface area contributed by atoms with Crippen molar-refractivity contribution in [3.63, 3.8) is 0 Å². The van der Waals surface area contributed by atoms with Gasteiger partial charge in [0.2, 0.25) is 22.5 Å². The van der Waals surface area contributed by atoms with E-state index < -0.39 is 28.7 Å². The van der Waals surface area contributed by atoms with E-state index in [0.717, 1.165) is 22.6 Å². The smallest absolute Gasteiger partial charge is 0.331 e. The van der Waals surface area contributed by atoms with E-state index in [1.807, 2.05) is 48.5 Å². The van der Waals surface area contributed by atoms with Crippen molar-refractivity contribution < 1.29 is 32.7 Å². The first kappa shape index (κ1) is 40.1. The van der Waals surface area contributed by atoms with E-state index in [1.165, 1.54) is 19.3 Å². The van der Waals surface area contributed by atoms with Crippen LogP contribution in [0.1, 0.15) is 64.3 Å². The molecule has 0 heterocycles. The van der Waals surface area contributed by atoms with Crippen molar-refractivity contribution >= 4 is 40.7 Å². The minimum absolute atomic E-state index is 0.0387. The maximum Gasteiger partial charge on any atom is 0.331 e. The molecule has 0 saturated carbocycles. The van der Waals surface area contributed by atoms with Crippen LogP contribution in [-0.4, -0.2) is 49.3 Å². The van der Waals surface area contributed by atoms with Crippen LogP contribution in [0.15, 0.2) is 78.9 Å². The van der Waals surface area contributed by atoms with E-state index in [0.29, 0.717) is 17.1 Å². The Morgan fingerprint density at radius 2 is 1.14 bits per heavy atom. The molecule has 8 nitrogen and oxygen atoms in total. The van der Waals surface area contributed by atoms with Gasteiger partial charge in [0, 0.05) is 12.2 Å². The van der Waals surface area contributed by atoms with Crippen LogP contribution in [0.5, 0.6) is 23.0 Å². The van der Waals surface area contributed by atoms with E-state index in [2.05, 4.69) is 73.0 Å². The highest BCUT2D eigenvalue weighted by atomic mass is 28.4. The van der Waals surface area contributed by atoms with Crippen LogP contribution in [0.4, 0.5) is 0 Å². The highest BCUT2D eigenvalue weighted by Gasteiger charge is 2.39. The standard InChI is InChI=1S/C40H55NO7Si2/c1-39(2,3)49(9,10)47-32-20-13-29(14-21-32)17-25-37(42)41-28-36(31-19-24-34(44-7)35(27-31)45-8)46-38(43)26-18-30-15-22-33(23-16-30)48-50(11,12)40(4,5)6/h13-27,36H,28H2,1-12H3,(H,41,42)/b25-17+,26-18+/t36-/m1/s1. The minimum atomic E-state index is -1.96. The summed E-state index contributed by atoms with van der Waals surface area (Å²) in [4.78, 5) is 25.9. The largest absolute Gasteiger partial charge is 0.544 e. The molecule has 0 aromatic heterocycles. The predicted molar refractivity (Wildman–Crippen MR) is 208 cm³/mol. The number of nitrogens with one attached hydrogen (secondary N) is 1. The minimum Gasteiger partial charge on any atom is -0.544 e. The maximum atomic E-state index is 13.0. The van der Waals surface area contributed by atoms with Crippen LogP contribution in [0.25, 0.3) is 12.2 Å². The van der Waals surface area contributed by atoms with E-state index in [1.54, 1.807) is 37.5 Å². The Hall–Kier alpha value is -4.29. The normalized spacial score (nSPS) is 13.2. The Kier molecular flexibility index (Phi) is 13.3. The zero-order valence-electron chi connectivity index (χ0n) is 31.8. The zero-order chi connectivity index (χ0) is 37.3. The number of carbonyl (C=O) groups excluding carboxylic acids is 2. The third-order valence-electron chi connectivity index (χ3n) is 9.46. The van der Waals surface area contributed by atoms with Crippen LogP contribution in [0, 0.1) is 0 Å². The number of esters is 1. The fourth-order valence-electron chi connectivity index (χ4n) is 4.24. The molecule has 1 atom stereocenters. The average molecular weight is 718 g/mol. The van der Waals surface area contributed by atoms with Gasteiger partial charge in [-0.1, -0.05) is 71.9 Å². The van der Waals surface area contributed by atoms with E-state index >= 15 is 0 Å². The van der Waals surface area contributed by atoms with Crippen molar-refractivity contribution in [2.45, 2.75) is 83.9 Å². The average Bonchev–Trinajstić information content (AvgIpc) is 3.04. The Labute approximate surface area is 301 Å². The van der Waals surface area contributed by atoms with Gasteiger partial charge in [0.25, 0.3) is 0 Å². The second kappa shape index (κ2) is 16.6. The molecule has 10 heteroatoms. The molecule has 3 aromatic carbocycles. The number of rotatable bonds is 14. The van der Waals surface area contributed by atoms with E-state index in [9.17, 15) is 9.59 Å². The first-order chi connectivity index (χ1) is 23.2. The monoisotopic (exact) mass is 717 g/mol. The fourth-order valence-corrected chi connectivity index (χ4v) is 6.30. The molecule has 50 heavy (non-hydrogen) atoms. The van der Waals surface area contributed by atoms with Gasteiger partial charge in [-0.2, -0.15) is 0 Å². The van der Waals surface area contributed by atoms with Crippen LogP contribution in [0.3, 0.4) is 0 Å². The number of ether oxygens (including phenoxy) is 3. The van der Waals surface area contributed by atoms with Crippen molar-refractivity contribution in [3.8, 4) is 23.0 Å². The highest BCUT2D eigenvalue weighted by Crippen LogP contribution is 2.38. The molecule has 0 aliphatic carbocycles. The van der Waals surface area contributed by atoms with Crippen molar-refractivity contribution in [3.05, 3.63) is 95.6 Å². The van der Waals surface area contributed by atoms with Crippen molar-refractivity contribution in [2.24, 2.45) is 0 Å². The van der Waals surface area contributed by atoms with Gasteiger partial charge in [0.1, 0.15) is 17.6 Å². The van der Waals surface area contributed by atoms with Crippen molar-refractivity contribution in [2.75, 3.05) is 20.8 Å². The molecule has 1 amide bonds. The van der Waals surface area contributed by atoms with Gasteiger partial charge >= 0.3 is 5.97 Å². The number of hydrogen-bond acceptors (Lipinski definition) is 7. The highest BCUT2D eigenvalue weighted by molar-refractivity contribution is 6.75. The van der Waals surface area contributed by atoms with Crippen LogP contribution in [-0.2, 0) is 14.3 Å². The lowest BCUT2D eigenvalue weighted by molar-refractivity contribution is -0.143. The molecule has 0 unspecified atom stereocenters. The third-order valence-corrected chi connectivity index (χ3v) is 18.2. The summed E-state index contributed by atoms with van der Waals surface area (Å²) in [7, 11) is -0.831. The first-order valence-corrected chi connectivity index (χ1v) is 22.7. The summed E-state index contributed by atoms with van der Waals surface area (Å²) in [6, 6.07) is 20.6. The summed E-state index contributed by atoms with van der Waals surface area (Å²) >= 11 is 0. The summed E-state index contributed by atoms with van der Waals surface area (Å²) in [5.74, 6) is 1.75. The van der Waals surface area contributed by atoms with Crippen molar-refractivity contribution in [1.29, 1.82) is 0 Å². The second-order valence-corrected chi connectivity index (χ2v) is 24.8. The topological polar surface area (TPSA) is 92.3 Å². The first-order valence-electron chi connectivity index (χ1n) is 16.9. The quantitative estimate of drug-likeness (QED) is 0.101. The van der Waals surface area contributed by atoms with Gasteiger partial charge < -0.3 is 28.4 Å². The van der Waals surface area contributed by atoms with Crippen molar-refractivity contribution in [1.82, 2.24) is 5.32 Å². The lowest BCUT2D eigenvalue weighted by atomic mass is 10.1. The SMILES string of the molecule is COc1ccc([C@@H](CNC(=O)/C=C/c2ccc(O[Si](C)(C)C(C)(C)C)cc2)OC(=O)/C=C/c2ccc(O[Si](C)(C)C(C)(C)C)cc2)cc1OC. The summed E-state index contributed by atoms with van der Waals surface area (Å²) < 4.78 is 29.4.